The van der Waals surface area contributed by atoms with E-state index in [2.05, 4.69) is 5.32 Å². The van der Waals surface area contributed by atoms with Crippen LogP contribution in [-0.4, -0.2) is 35.4 Å². The minimum atomic E-state index is -1.23. The molecule has 1 N–H and O–H groups in total. The number of hydrogen-bond acceptors (Lipinski definition) is 5. The highest BCUT2D eigenvalue weighted by Gasteiger charge is 2.38. The summed E-state index contributed by atoms with van der Waals surface area (Å²) in [4.78, 5) is 21.1. The average Bonchev–Trinajstić information content (AvgIpc) is 2.69. The number of nitrogens with one attached hydrogen (secondary N) is 1. The fourth-order valence-corrected chi connectivity index (χ4v) is 2.92. The summed E-state index contributed by atoms with van der Waals surface area (Å²) in [6, 6.07) is 14.7. The van der Waals surface area contributed by atoms with Crippen LogP contribution in [-0.2, 0) is 14.1 Å². The van der Waals surface area contributed by atoms with E-state index in [1.54, 1.807) is 12.1 Å². The van der Waals surface area contributed by atoms with Gasteiger partial charge in [-0.2, -0.15) is 0 Å². The largest absolute Gasteiger partial charge is 0.494 e. The molecule has 0 bridgehead atoms. The third-order valence-corrected chi connectivity index (χ3v) is 4.49. The fraction of sp³-hybridized carbons (Fsp3) is 0.235. The summed E-state index contributed by atoms with van der Waals surface area (Å²) in [6.07, 6.45) is -0.596. The second-order valence-electron chi connectivity index (χ2n) is 5.90. The smallest absolute Gasteiger partial charge is 0.405 e. The monoisotopic (exact) mass is 408 g/mol. The van der Waals surface area contributed by atoms with Gasteiger partial charge in [-0.1, -0.05) is 53.5 Å². The number of benzene rings is 2. The first-order valence-electron chi connectivity index (χ1n) is 8.10. The number of nitro groups is 1. The molecule has 0 radical (unpaired) electrons. The number of non-ortho nitro benzene ring substituents is 1. The lowest BCUT2D eigenvalue weighted by Crippen LogP contribution is -2.54. The van der Waals surface area contributed by atoms with E-state index in [9.17, 15) is 14.9 Å². The molecule has 1 heterocycles. The van der Waals surface area contributed by atoms with Crippen molar-refractivity contribution in [2.45, 2.75) is 17.0 Å². The molecule has 140 valence electrons. The van der Waals surface area contributed by atoms with Gasteiger partial charge in [-0.15, -0.1) is 0 Å². The van der Waals surface area contributed by atoms with Gasteiger partial charge >= 0.3 is 7.12 Å². The molecular formula is C17H15BCl2N2O5. The third-order valence-electron chi connectivity index (χ3n) is 4.09. The van der Waals surface area contributed by atoms with Gasteiger partial charge in [0.05, 0.1) is 23.7 Å². The Morgan fingerprint density at radius 3 is 2.44 bits per heavy atom. The molecule has 0 spiro atoms. The van der Waals surface area contributed by atoms with Crippen LogP contribution in [0.4, 0.5) is 5.69 Å². The zero-order valence-corrected chi connectivity index (χ0v) is 15.5. The number of nitrogens with zero attached hydrogens (tertiary/aromatic N) is 1. The van der Waals surface area contributed by atoms with Gasteiger partial charge in [-0.05, 0) is 23.2 Å². The van der Waals surface area contributed by atoms with Gasteiger partial charge in [0.15, 0.2) is 4.84 Å². The zero-order valence-electron chi connectivity index (χ0n) is 14.0. The summed E-state index contributed by atoms with van der Waals surface area (Å²) in [5.41, 5.74) is 1.45. The van der Waals surface area contributed by atoms with Crippen molar-refractivity contribution in [3.8, 4) is 0 Å². The van der Waals surface area contributed by atoms with Crippen molar-refractivity contribution in [1.82, 2.24) is 5.32 Å². The Morgan fingerprint density at radius 2 is 1.85 bits per heavy atom. The fourth-order valence-electron chi connectivity index (χ4n) is 2.79. The molecule has 1 fully saturated rings. The summed E-state index contributed by atoms with van der Waals surface area (Å²) in [5, 5.41) is 13.6. The molecule has 10 heteroatoms. The Bertz CT molecular complexity index is 807. The van der Waals surface area contributed by atoms with Crippen LogP contribution in [0.3, 0.4) is 0 Å². The summed E-state index contributed by atoms with van der Waals surface area (Å²) < 4.78 is 11.8. The molecule has 1 aliphatic heterocycles. The first kappa shape index (κ1) is 19.6. The molecule has 3 rings (SSSR count). The zero-order chi connectivity index (χ0) is 19.4. The molecule has 1 saturated heterocycles. The number of halogens is 2. The van der Waals surface area contributed by atoms with Gasteiger partial charge in [0.2, 0.25) is 0 Å². The predicted molar refractivity (Wildman–Crippen MR) is 102 cm³/mol. The molecule has 0 saturated carbocycles. The Kier molecular flexibility index (Phi) is 6.33. The van der Waals surface area contributed by atoms with Crippen LogP contribution >= 0.6 is 23.2 Å². The maximum Gasteiger partial charge on any atom is 0.494 e. The van der Waals surface area contributed by atoms with Crippen LogP contribution in [0.5, 0.6) is 0 Å². The van der Waals surface area contributed by atoms with Crippen molar-refractivity contribution >= 4 is 47.4 Å². The maximum atomic E-state index is 11.9. The number of hydrogen-bond donors (Lipinski definition) is 1. The van der Waals surface area contributed by atoms with Gasteiger partial charge in [0.1, 0.15) is 0 Å². The van der Waals surface area contributed by atoms with Gasteiger partial charge in [0, 0.05) is 12.1 Å². The predicted octanol–water partition coefficient (Wildman–Crippen LogP) is 2.37. The highest BCUT2D eigenvalue weighted by atomic mass is 35.5. The topological polar surface area (TPSA) is 90.7 Å². The van der Waals surface area contributed by atoms with Crippen molar-refractivity contribution in [3.05, 3.63) is 70.3 Å². The number of alkyl halides is 2. The Balaban J connectivity index is 1.86. The summed E-state index contributed by atoms with van der Waals surface area (Å²) in [5.74, 6) is -0.569. The molecule has 2 atom stereocenters. The van der Waals surface area contributed by atoms with Crippen molar-refractivity contribution in [2.24, 2.45) is 0 Å². The van der Waals surface area contributed by atoms with Gasteiger partial charge in [0.25, 0.3) is 11.6 Å². The minimum Gasteiger partial charge on any atom is -0.405 e. The second kappa shape index (κ2) is 8.71. The lowest BCUT2D eigenvalue weighted by Gasteiger charge is -2.36. The number of amides is 1. The van der Waals surface area contributed by atoms with E-state index in [1.165, 1.54) is 12.1 Å². The van der Waals surface area contributed by atoms with Crippen LogP contribution in [0.1, 0.15) is 11.7 Å². The minimum absolute atomic E-state index is 0.0346. The number of nitro benzene ring substituents is 1. The highest BCUT2D eigenvalue weighted by Crippen LogP contribution is 2.28. The molecule has 1 aliphatic rings. The van der Waals surface area contributed by atoms with E-state index in [1.807, 2.05) is 30.3 Å². The number of carbonyl (C=O) groups is 1. The van der Waals surface area contributed by atoms with Gasteiger partial charge in [-0.25, -0.2) is 0 Å². The molecule has 1 amide bonds. The van der Waals surface area contributed by atoms with Crippen molar-refractivity contribution in [1.29, 1.82) is 0 Å². The molecule has 27 heavy (non-hydrogen) atoms. The van der Waals surface area contributed by atoms with E-state index in [0.717, 1.165) is 5.46 Å². The summed E-state index contributed by atoms with van der Waals surface area (Å²) >= 11 is 11.2. The van der Waals surface area contributed by atoms with Crippen molar-refractivity contribution < 1.29 is 19.0 Å². The summed E-state index contributed by atoms with van der Waals surface area (Å²) in [7, 11) is -0.637. The Hall–Kier alpha value is -2.13. The molecule has 0 aliphatic carbocycles. The molecule has 7 nitrogen and oxygen atoms in total. The van der Waals surface area contributed by atoms with E-state index in [0.29, 0.717) is 5.56 Å². The van der Waals surface area contributed by atoms with Gasteiger partial charge < -0.3 is 14.6 Å². The van der Waals surface area contributed by atoms with Gasteiger partial charge in [-0.3, -0.25) is 14.9 Å². The lowest BCUT2D eigenvalue weighted by atomic mass is 9.76. The summed E-state index contributed by atoms with van der Waals surface area (Å²) in [6.45, 7) is 0.160. The van der Waals surface area contributed by atoms with E-state index in [-0.39, 0.29) is 12.3 Å². The van der Waals surface area contributed by atoms with Crippen LogP contribution in [0.2, 0.25) is 0 Å². The van der Waals surface area contributed by atoms with E-state index >= 15 is 0 Å². The number of carbonyl (C=O) groups excluding carboxylic acids is 1. The quantitative estimate of drug-likeness (QED) is 0.355. The Morgan fingerprint density at radius 1 is 1.19 bits per heavy atom. The first-order chi connectivity index (χ1) is 13.0. The molecule has 2 aromatic rings. The van der Waals surface area contributed by atoms with Crippen LogP contribution in [0.25, 0.3) is 0 Å². The van der Waals surface area contributed by atoms with Crippen LogP contribution < -0.4 is 10.8 Å². The number of rotatable bonds is 5. The first-order valence-corrected chi connectivity index (χ1v) is 8.98. The molecule has 2 aromatic carbocycles. The molecule has 2 unspecified atom stereocenters. The van der Waals surface area contributed by atoms with Crippen molar-refractivity contribution in [3.63, 3.8) is 0 Å². The lowest BCUT2D eigenvalue weighted by molar-refractivity contribution is -0.384. The standard InChI is InChI=1S/C17H15BCl2N2O5/c19-16(20)17(23)21-14-10-26-18(12-4-2-1-3-5-12)27-15(14)11-6-8-13(9-7-11)22(24)25/h1-9,14-16H,10H2,(H,21,23). The van der Waals surface area contributed by atoms with Crippen LogP contribution in [0, 0.1) is 10.1 Å². The highest BCUT2D eigenvalue weighted by molar-refractivity contribution is 6.61. The second-order valence-corrected chi connectivity index (χ2v) is 6.99. The normalized spacial score (nSPS) is 19.7. The van der Waals surface area contributed by atoms with E-state index < -0.39 is 34.9 Å². The Labute approximate surface area is 165 Å². The van der Waals surface area contributed by atoms with E-state index in [4.69, 9.17) is 32.5 Å². The SMILES string of the molecule is O=C(NC1COB(c2ccccc2)OC1c1ccc([N+](=O)[O-])cc1)C(Cl)Cl. The average molecular weight is 409 g/mol. The molecular weight excluding hydrogens is 394 g/mol. The maximum absolute atomic E-state index is 11.9. The third kappa shape index (κ3) is 4.78. The van der Waals surface area contributed by atoms with Crippen LogP contribution in [0.15, 0.2) is 54.6 Å². The molecule has 0 aromatic heterocycles. The van der Waals surface area contributed by atoms with Crippen molar-refractivity contribution in [2.75, 3.05) is 6.61 Å².